The van der Waals surface area contributed by atoms with Gasteiger partial charge in [-0.15, -0.1) is 10.2 Å². The molecule has 0 fully saturated rings. The largest absolute Gasteiger partial charge is 0.497 e. The molecule has 3 aromatic carbocycles. The summed E-state index contributed by atoms with van der Waals surface area (Å²) in [6.45, 7) is 6.97. The van der Waals surface area contributed by atoms with Crippen LogP contribution in [-0.2, 0) is 26.1 Å². The molecule has 0 aliphatic carbocycles. The summed E-state index contributed by atoms with van der Waals surface area (Å²) in [5.74, 6) is 0.350. The van der Waals surface area contributed by atoms with Gasteiger partial charge < -0.3 is 23.8 Å². The van der Waals surface area contributed by atoms with Crippen LogP contribution < -0.4 is 9.47 Å². The lowest BCUT2D eigenvalue weighted by molar-refractivity contribution is -0.0120. The molecule has 0 saturated carbocycles. The number of amides is 1. The zero-order chi connectivity index (χ0) is 37.3. The molecule has 1 aromatic heterocycles. The monoisotopic (exact) mass is 738 g/mol. The first-order valence-corrected chi connectivity index (χ1v) is 18.8. The van der Waals surface area contributed by atoms with Crippen LogP contribution in [0.3, 0.4) is 0 Å². The number of ether oxygens (including phenoxy) is 4. The highest BCUT2D eigenvalue weighted by Gasteiger charge is 2.33. The minimum Gasteiger partial charge on any atom is -0.497 e. The van der Waals surface area contributed by atoms with Crippen LogP contribution in [-0.4, -0.2) is 103 Å². The third-order valence-electron chi connectivity index (χ3n) is 9.14. The quantitative estimate of drug-likeness (QED) is 0.213. The topological polar surface area (TPSA) is 149 Å². The molecule has 1 N–H and O–H groups in total. The van der Waals surface area contributed by atoms with Crippen molar-refractivity contribution in [3.8, 4) is 22.9 Å². The average Bonchev–Trinajstić information content (AvgIpc) is 3.68. The van der Waals surface area contributed by atoms with E-state index in [4.69, 9.17) is 18.9 Å². The molecule has 4 aromatic rings. The van der Waals surface area contributed by atoms with Crippen molar-refractivity contribution < 1.29 is 36.6 Å². The number of benzene rings is 3. The van der Waals surface area contributed by atoms with E-state index >= 15 is 0 Å². The van der Waals surface area contributed by atoms with Crippen molar-refractivity contribution in [3.63, 3.8) is 0 Å². The van der Waals surface area contributed by atoms with Gasteiger partial charge in [-0.05, 0) is 98.5 Å². The molecular formula is C37H47FN6O7S. The number of fused-ring (bicyclic) bond motifs is 1. The second-order valence-corrected chi connectivity index (χ2v) is 15.2. The van der Waals surface area contributed by atoms with Crippen molar-refractivity contribution in [2.24, 2.45) is 5.92 Å². The van der Waals surface area contributed by atoms with Gasteiger partial charge in [0.25, 0.3) is 5.91 Å². The molecule has 52 heavy (non-hydrogen) atoms. The number of tetrazole rings is 1. The van der Waals surface area contributed by atoms with Crippen LogP contribution in [0.1, 0.15) is 56.0 Å². The Balaban J connectivity index is 1.45. The Morgan fingerprint density at radius 2 is 1.83 bits per heavy atom. The van der Waals surface area contributed by atoms with Gasteiger partial charge in [0.2, 0.25) is 15.8 Å². The van der Waals surface area contributed by atoms with Crippen molar-refractivity contribution in [2.75, 3.05) is 40.5 Å². The van der Waals surface area contributed by atoms with Crippen LogP contribution in [0, 0.1) is 11.7 Å². The highest BCUT2D eigenvalue weighted by molar-refractivity contribution is 7.89. The summed E-state index contributed by atoms with van der Waals surface area (Å²) in [5.41, 5.74) is 1.86. The Hall–Kier alpha value is -4.44. The Morgan fingerprint density at radius 1 is 1.08 bits per heavy atom. The molecule has 1 aliphatic heterocycles. The number of sulfonamides is 1. The number of aromatic amines is 1. The molecule has 0 saturated heterocycles. The first kappa shape index (κ1) is 38.8. The number of hydrogen-bond acceptors (Lipinski definition) is 10. The van der Waals surface area contributed by atoms with Gasteiger partial charge in [-0.2, -0.15) is 9.52 Å². The van der Waals surface area contributed by atoms with E-state index < -0.39 is 28.0 Å². The van der Waals surface area contributed by atoms with Crippen LogP contribution in [0.2, 0.25) is 0 Å². The van der Waals surface area contributed by atoms with Gasteiger partial charge >= 0.3 is 0 Å². The summed E-state index contributed by atoms with van der Waals surface area (Å²) >= 11 is 0. The molecule has 4 atom stereocenters. The number of halogens is 1. The van der Waals surface area contributed by atoms with E-state index in [0.717, 1.165) is 36.3 Å². The molecule has 13 nitrogen and oxygen atoms in total. The first-order chi connectivity index (χ1) is 25.0. The van der Waals surface area contributed by atoms with Gasteiger partial charge in [0.15, 0.2) is 0 Å². The number of methoxy groups -OCH3 is 1. The van der Waals surface area contributed by atoms with Crippen molar-refractivity contribution in [1.29, 1.82) is 0 Å². The van der Waals surface area contributed by atoms with Gasteiger partial charge in [-0.3, -0.25) is 4.79 Å². The van der Waals surface area contributed by atoms with E-state index in [1.807, 2.05) is 45.0 Å². The molecule has 2 heterocycles. The van der Waals surface area contributed by atoms with Crippen LogP contribution in [0.4, 0.5) is 4.39 Å². The maximum Gasteiger partial charge on any atom is 0.257 e. The predicted molar refractivity (Wildman–Crippen MR) is 192 cm³/mol. The normalized spacial score (nSPS) is 19.8. The summed E-state index contributed by atoms with van der Waals surface area (Å²) in [7, 11) is -0.865. The van der Waals surface area contributed by atoms with E-state index in [9.17, 15) is 17.6 Å². The molecule has 0 unspecified atom stereocenters. The SMILES string of the molecule is COc1ccc(COC[C@H](C)N2C[C@@H](C)[C@H](CN(C)S(=O)(=O)c3ccc(F)cc3)OCCCC[C@H](C)Oc3ccc(-c4nn[nH]n4)cc3C2=O)cc1. The van der Waals surface area contributed by atoms with Gasteiger partial charge in [0.1, 0.15) is 17.3 Å². The highest BCUT2D eigenvalue weighted by Crippen LogP contribution is 2.30. The number of nitrogens with zero attached hydrogens (tertiary/aromatic N) is 5. The van der Waals surface area contributed by atoms with Crippen LogP contribution in [0.5, 0.6) is 11.5 Å². The number of rotatable bonds is 11. The standard InChI is InChI=1S/C37H47FN6O7S/c1-25-21-44(26(2)23-49-24-28-9-14-31(48-5)15-10-28)37(45)33-20-29(36-39-41-42-40-36)11-18-34(33)51-27(3)8-6-7-19-50-35(25)22-43(4)52(46,47)32-16-12-30(38)13-17-32/h9-18,20,25-27,35H,6-8,19,21-24H2,1-5H3,(H,39,40,41,42)/t25-,26+,27+,35+/m1/s1. The molecule has 0 radical (unpaired) electrons. The summed E-state index contributed by atoms with van der Waals surface area (Å²) < 4.78 is 66.0. The van der Waals surface area contributed by atoms with Crippen LogP contribution in [0.15, 0.2) is 71.6 Å². The first-order valence-electron chi connectivity index (χ1n) is 17.4. The number of carbonyl (C=O) groups is 1. The fourth-order valence-corrected chi connectivity index (χ4v) is 7.19. The van der Waals surface area contributed by atoms with Gasteiger partial charge in [-0.1, -0.05) is 19.1 Å². The fourth-order valence-electron chi connectivity index (χ4n) is 6.01. The third-order valence-corrected chi connectivity index (χ3v) is 11.0. The lowest BCUT2D eigenvalue weighted by atomic mass is 10.0. The third kappa shape index (κ3) is 9.91. The molecule has 0 spiro atoms. The van der Waals surface area contributed by atoms with Crippen molar-refractivity contribution >= 4 is 15.9 Å². The molecule has 280 valence electrons. The smallest absolute Gasteiger partial charge is 0.257 e. The zero-order valence-electron chi connectivity index (χ0n) is 30.2. The number of carbonyl (C=O) groups excluding carboxylic acids is 1. The molecular weight excluding hydrogens is 692 g/mol. The van der Waals surface area contributed by atoms with Gasteiger partial charge in [0.05, 0.1) is 49.0 Å². The molecule has 0 bridgehead atoms. The lowest BCUT2D eigenvalue weighted by Gasteiger charge is -2.36. The number of H-pyrrole nitrogens is 1. The number of hydrogen-bond donors (Lipinski definition) is 1. The van der Waals surface area contributed by atoms with E-state index in [-0.39, 0.29) is 42.5 Å². The maximum atomic E-state index is 14.8. The van der Waals surface area contributed by atoms with Crippen molar-refractivity contribution in [3.05, 3.63) is 83.7 Å². The summed E-state index contributed by atoms with van der Waals surface area (Å²) in [5, 5.41) is 14.3. The van der Waals surface area contributed by atoms with Crippen LogP contribution in [0.25, 0.3) is 11.4 Å². The minimum absolute atomic E-state index is 0.0172. The molecule has 5 rings (SSSR count). The Bertz CT molecular complexity index is 1850. The van der Waals surface area contributed by atoms with Crippen LogP contribution >= 0.6 is 0 Å². The minimum atomic E-state index is -3.95. The number of aromatic nitrogens is 4. The summed E-state index contributed by atoms with van der Waals surface area (Å²) in [6.07, 6.45) is 1.45. The predicted octanol–water partition coefficient (Wildman–Crippen LogP) is 5.36. The molecule has 1 amide bonds. The van der Waals surface area contributed by atoms with E-state index in [2.05, 4.69) is 20.6 Å². The Labute approximate surface area is 304 Å². The highest BCUT2D eigenvalue weighted by atomic mass is 32.2. The molecule has 15 heteroatoms. The number of likely N-dealkylation sites (N-methyl/N-ethyl adjacent to an activating group) is 1. The molecule has 1 aliphatic rings. The van der Waals surface area contributed by atoms with E-state index in [0.29, 0.717) is 42.3 Å². The Morgan fingerprint density at radius 3 is 2.52 bits per heavy atom. The average molecular weight is 739 g/mol. The number of nitrogens with one attached hydrogen (secondary N) is 1. The second-order valence-electron chi connectivity index (χ2n) is 13.2. The van der Waals surface area contributed by atoms with Gasteiger partial charge in [0, 0.05) is 38.2 Å². The Kier molecular flexibility index (Phi) is 13.3. The zero-order valence-corrected chi connectivity index (χ0v) is 31.0. The summed E-state index contributed by atoms with van der Waals surface area (Å²) in [4.78, 5) is 16.5. The second kappa shape index (κ2) is 17.9. The lowest BCUT2D eigenvalue weighted by Crippen LogP contribution is -2.48. The summed E-state index contributed by atoms with van der Waals surface area (Å²) in [6, 6.07) is 17.1. The van der Waals surface area contributed by atoms with E-state index in [1.54, 1.807) is 30.2 Å². The van der Waals surface area contributed by atoms with Crippen molar-refractivity contribution in [1.82, 2.24) is 29.8 Å². The fraction of sp³-hybridized carbons (Fsp3) is 0.459. The van der Waals surface area contributed by atoms with Gasteiger partial charge in [-0.25, -0.2) is 12.8 Å². The van der Waals surface area contributed by atoms with Crippen molar-refractivity contribution in [2.45, 2.75) is 69.8 Å². The van der Waals surface area contributed by atoms with E-state index in [1.165, 1.54) is 23.5 Å². The maximum absolute atomic E-state index is 14.8.